The number of aliphatic hydroxyl groups is 1. The third-order valence-electron chi connectivity index (χ3n) is 7.11. The highest BCUT2D eigenvalue weighted by Gasteiger charge is 2.18. The predicted molar refractivity (Wildman–Crippen MR) is 157 cm³/mol. The summed E-state index contributed by atoms with van der Waals surface area (Å²) in [6.45, 7) is 6.08. The Morgan fingerprint density at radius 2 is 1.86 bits per heavy atom. The molecule has 12 nitrogen and oxygen atoms in total. The summed E-state index contributed by atoms with van der Waals surface area (Å²) < 4.78 is 40.4. The van der Waals surface area contributed by atoms with E-state index < -0.39 is 17.5 Å². The Morgan fingerprint density at radius 3 is 2.63 bits per heavy atom. The van der Waals surface area contributed by atoms with Crippen LogP contribution in [0, 0.1) is 11.6 Å². The molecule has 228 valence electrons. The molecular formula is C29H34F2N8O4. The molecule has 2 aromatic heterocycles. The molecule has 0 aliphatic carbocycles. The average molecular weight is 597 g/mol. The molecule has 0 bridgehead atoms. The second kappa shape index (κ2) is 14.2. The zero-order chi connectivity index (χ0) is 30.2. The maximum absolute atomic E-state index is 13.9. The van der Waals surface area contributed by atoms with Crippen LogP contribution in [0.5, 0.6) is 11.5 Å². The average Bonchev–Trinajstić information content (AvgIpc) is 3.45. The quantitative estimate of drug-likeness (QED) is 0.212. The van der Waals surface area contributed by atoms with Crippen molar-refractivity contribution in [1.29, 1.82) is 0 Å². The van der Waals surface area contributed by atoms with Gasteiger partial charge in [0.25, 0.3) is 0 Å². The Balaban J connectivity index is 1.19. The van der Waals surface area contributed by atoms with Crippen molar-refractivity contribution in [2.75, 3.05) is 70.2 Å². The van der Waals surface area contributed by atoms with Gasteiger partial charge >= 0.3 is 0 Å². The number of halogens is 2. The third kappa shape index (κ3) is 7.71. The molecule has 1 saturated heterocycles. The van der Waals surface area contributed by atoms with Crippen molar-refractivity contribution in [3.63, 3.8) is 0 Å². The summed E-state index contributed by atoms with van der Waals surface area (Å²) in [6, 6.07) is 7.18. The van der Waals surface area contributed by atoms with Crippen LogP contribution in [0.4, 0.5) is 26.0 Å². The van der Waals surface area contributed by atoms with Crippen LogP contribution in [0.15, 0.2) is 49.1 Å². The van der Waals surface area contributed by atoms with Gasteiger partial charge in [-0.3, -0.25) is 14.4 Å². The Morgan fingerprint density at radius 1 is 1.07 bits per heavy atom. The van der Waals surface area contributed by atoms with Crippen LogP contribution < -0.4 is 20.1 Å². The van der Waals surface area contributed by atoms with Crippen molar-refractivity contribution in [2.45, 2.75) is 13.0 Å². The Bertz CT molecular complexity index is 1540. The van der Waals surface area contributed by atoms with Gasteiger partial charge < -0.3 is 30.1 Å². The molecule has 0 spiro atoms. The molecule has 1 aliphatic heterocycles. The van der Waals surface area contributed by atoms with Crippen molar-refractivity contribution in [1.82, 2.24) is 29.5 Å². The summed E-state index contributed by atoms with van der Waals surface area (Å²) in [6.07, 6.45) is 5.35. The number of fused-ring (bicyclic) bond motifs is 1. The molecule has 14 heteroatoms. The van der Waals surface area contributed by atoms with E-state index >= 15 is 0 Å². The summed E-state index contributed by atoms with van der Waals surface area (Å²) in [4.78, 5) is 25.8. The summed E-state index contributed by atoms with van der Waals surface area (Å²) in [5.74, 6) is -1.12. The number of nitrogens with zero attached hydrogens (tertiary/aromatic N) is 6. The van der Waals surface area contributed by atoms with E-state index in [0.29, 0.717) is 40.5 Å². The summed E-state index contributed by atoms with van der Waals surface area (Å²) in [5, 5.41) is 19.4. The van der Waals surface area contributed by atoms with Gasteiger partial charge in [0, 0.05) is 63.5 Å². The number of aliphatic hydroxyl groups excluding tert-OH is 1. The lowest BCUT2D eigenvalue weighted by molar-refractivity contribution is -0.116. The topological polar surface area (TPSA) is 130 Å². The van der Waals surface area contributed by atoms with Crippen LogP contribution in [0.25, 0.3) is 10.9 Å². The fraction of sp³-hybridized carbons (Fsp3) is 0.379. The Labute approximate surface area is 247 Å². The second-order valence-corrected chi connectivity index (χ2v) is 10.1. The first-order chi connectivity index (χ1) is 20.9. The number of amides is 1. The van der Waals surface area contributed by atoms with Gasteiger partial charge in [0.15, 0.2) is 23.1 Å². The van der Waals surface area contributed by atoms with E-state index in [9.17, 15) is 13.6 Å². The van der Waals surface area contributed by atoms with E-state index in [1.54, 1.807) is 19.4 Å². The highest BCUT2D eigenvalue weighted by atomic mass is 19.2. The van der Waals surface area contributed by atoms with Crippen molar-refractivity contribution < 1.29 is 28.2 Å². The minimum absolute atomic E-state index is 0.212. The number of hydrogen-bond donors (Lipinski definition) is 3. The summed E-state index contributed by atoms with van der Waals surface area (Å²) >= 11 is 0. The molecule has 1 amide bonds. The largest absolute Gasteiger partial charge is 0.493 e. The van der Waals surface area contributed by atoms with Gasteiger partial charge in [-0.05, 0) is 24.6 Å². The number of ether oxygens (including phenoxy) is 2. The first-order valence-electron chi connectivity index (χ1n) is 14.0. The van der Waals surface area contributed by atoms with Crippen molar-refractivity contribution >= 4 is 34.0 Å². The molecule has 2 aromatic carbocycles. The van der Waals surface area contributed by atoms with Crippen LogP contribution in [-0.4, -0.2) is 100 Å². The van der Waals surface area contributed by atoms with Crippen LogP contribution in [0.2, 0.25) is 0 Å². The van der Waals surface area contributed by atoms with Gasteiger partial charge in [-0.15, -0.1) is 0 Å². The maximum atomic E-state index is 13.9. The number of carbonyl (C=O) groups excluding carboxylic acids is 1. The molecule has 1 fully saturated rings. The number of hydrogen-bond acceptors (Lipinski definition) is 10. The van der Waals surface area contributed by atoms with E-state index in [4.69, 9.17) is 14.6 Å². The smallest absolute Gasteiger partial charge is 0.246 e. The fourth-order valence-corrected chi connectivity index (χ4v) is 4.84. The number of anilines is 3. The molecule has 5 rings (SSSR count). The van der Waals surface area contributed by atoms with E-state index in [-0.39, 0.29) is 18.8 Å². The van der Waals surface area contributed by atoms with E-state index in [1.165, 1.54) is 29.3 Å². The summed E-state index contributed by atoms with van der Waals surface area (Å²) in [7, 11) is 1.57. The van der Waals surface area contributed by atoms with E-state index in [2.05, 4.69) is 35.5 Å². The first kappa shape index (κ1) is 30.1. The van der Waals surface area contributed by atoms with E-state index in [0.717, 1.165) is 51.8 Å². The normalized spacial score (nSPS) is 14.1. The van der Waals surface area contributed by atoms with Gasteiger partial charge in [-0.2, -0.15) is 5.10 Å². The number of nitrogens with one attached hydrogen (secondary N) is 2. The molecule has 43 heavy (non-hydrogen) atoms. The second-order valence-electron chi connectivity index (χ2n) is 10.1. The third-order valence-corrected chi connectivity index (χ3v) is 7.11. The van der Waals surface area contributed by atoms with Crippen LogP contribution in [0.1, 0.15) is 6.42 Å². The lowest BCUT2D eigenvalue weighted by Crippen LogP contribution is -2.47. The zero-order valence-electron chi connectivity index (χ0n) is 23.8. The fourth-order valence-electron chi connectivity index (χ4n) is 4.84. The number of rotatable bonds is 13. The van der Waals surface area contributed by atoms with Crippen LogP contribution >= 0.6 is 0 Å². The van der Waals surface area contributed by atoms with Crippen molar-refractivity contribution in [3.05, 3.63) is 60.7 Å². The molecular weight excluding hydrogens is 562 g/mol. The number of methoxy groups -OCH3 is 1. The van der Waals surface area contributed by atoms with Crippen LogP contribution in [0.3, 0.4) is 0 Å². The number of carbonyl (C=O) groups is 1. The number of aromatic nitrogens is 4. The van der Waals surface area contributed by atoms with Gasteiger partial charge in [-0.1, -0.05) is 6.07 Å². The van der Waals surface area contributed by atoms with Crippen molar-refractivity contribution in [2.24, 2.45) is 0 Å². The maximum Gasteiger partial charge on any atom is 0.246 e. The van der Waals surface area contributed by atoms with Gasteiger partial charge in [-0.25, -0.2) is 18.7 Å². The predicted octanol–water partition coefficient (Wildman–Crippen LogP) is 2.87. The highest BCUT2D eigenvalue weighted by molar-refractivity contribution is 5.93. The SMILES string of the molecule is COc1cc2c(Nc3cnn(CC(=O)Nc4cccc(F)c4F)c3)ncnc2cc1OCCN1CCN(CCCO)CC1. The van der Waals surface area contributed by atoms with Gasteiger partial charge in [0.05, 0.1) is 30.2 Å². The number of piperazine rings is 1. The first-order valence-corrected chi connectivity index (χ1v) is 14.0. The van der Waals surface area contributed by atoms with Gasteiger partial charge in [0.2, 0.25) is 5.91 Å². The molecule has 0 atom stereocenters. The van der Waals surface area contributed by atoms with Crippen molar-refractivity contribution in [3.8, 4) is 11.5 Å². The Hall–Kier alpha value is -4.40. The lowest BCUT2D eigenvalue weighted by Gasteiger charge is -2.34. The van der Waals surface area contributed by atoms with E-state index in [1.807, 2.05) is 6.07 Å². The highest BCUT2D eigenvalue weighted by Crippen LogP contribution is 2.34. The molecule has 0 saturated carbocycles. The Kier molecular flexibility index (Phi) is 9.92. The minimum Gasteiger partial charge on any atom is -0.493 e. The van der Waals surface area contributed by atoms with Crippen LogP contribution in [-0.2, 0) is 11.3 Å². The molecule has 3 N–H and O–H groups in total. The minimum atomic E-state index is -1.12. The molecule has 3 heterocycles. The number of benzene rings is 2. The molecule has 1 aliphatic rings. The standard InChI is InChI=1S/C29H34F2N8O4/c1-42-25-14-21-24(15-26(25)43-13-11-38-9-7-37(8-10-38)6-3-12-40)32-19-33-29(21)35-20-16-34-39(17-20)18-27(41)36-23-5-2-4-22(30)28(23)31/h2,4-5,14-17,19,40H,3,6-13,18H2,1H3,(H,36,41)(H,32,33,35). The monoisotopic (exact) mass is 596 g/mol. The molecule has 0 radical (unpaired) electrons. The lowest BCUT2D eigenvalue weighted by atomic mass is 10.2. The zero-order valence-corrected chi connectivity index (χ0v) is 23.8. The molecule has 0 unspecified atom stereocenters. The molecule has 4 aromatic rings. The summed E-state index contributed by atoms with van der Waals surface area (Å²) in [5.41, 5.74) is 0.962. The van der Waals surface area contributed by atoms with Gasteiger partial charge in [0.1, 0.15) is 25.3 Å².